The fourth-order valence-corrected chi connectivity index (χ4v) is 2.77. The lowest BCUT2D eigenvalue weighted by atomic mass is 10.1. The van der Waals surface area contributed by atoms with Gasteiger partial charge in [-0.15, -0.1) is 0 Å². The maximum Gasteiger partial charge on any atom is 0.222 e. The summed E-state index contributed by atoms with van der Waals surface area (Å²) in [6, 6.07) is 0. The van der Waals surface area contributed by atoms with Gasteiger partial charge in [0, 0.05) is 39.0 Å². The summed E-state index contributed by atoms with van der Waals surface area (Å²) in [5, 5.41) is 0. The summed E-state index contributed by atoms with van der Waals surface area (Å²) in [7, 11) is 0. The lowest BCUT2D eigenvalue weighted by Gasteiger charge is -2.30. The minimum absolute atomic E-state index is 0.108. The monoisotopic (exact) mass is 270 g/mol. The Balaban J connectivity index is 1.64. The third kappa shape index (κ3) is 4.18. The van der Waals surface area contributed by atoms with Gasteiger partial charge < -0.3 is 9.80 Å². The minimum atomic E-state index is -0.741. The van der Waals surface area contributed by atoms with E-state index in [9.17, 15) is 14.0 Å². The normalized spacial score (nSPS) is 21.8. The summed E-state index contributed by atoms with van der Waals surface area (Å²) in [4.78, 5) is 27.1. The third-order valence-corrected chi connectivity index (χ3v) is 4.02. The Bertz CT molecular complexity index is 327. The molecule has 0 radical (unpaired) electrons. The molecule has 0 aliphatic carbocycles. The van der Waals surface area contributed by atoms with E-state index in [-0.39, 0.29) is 11.8 Å². The van der Waals surface area contributed by atoms with Crippen LogP contribution in [0.5, 0.6) is 0 Å². The van der Waals surface area contributed by atoms with E-state index in [1.165, 1.54) is 0 Å². The van der Waals surface area contributed by atoms with Gasteiger partial charge in [-0.25, -0.2) is 4.39 Å². The molecule has 0 aromatic rings. The molecule has 0 aromatic heterocycles. The van der Waals surface area contributed by atoms with Crippen molar-refractivity contribution in [2.45, 2.75) is 51.1 Å². The smallest absolute Gasteiger partial charge is 0.222 e. The zero-order chi connectivity index (χ0) is 13.7. The molecule has 5 heteroatoms. The number of carbonyl (C=O) groups excluding carboxylic acids is 2. The molecular formula is C14H23FN2O2. The molecule has 0 unspecified atom stereocenters. The molecule has 0 aromatic carbocycles. The van der Waals surface area contributed by atoms with Crippen LogP contribution >= 0.6 is 0 Å². The Kier molecular flexibility index (Phi) is 5.16. The molecule has 0 N–H and O–H groups in total. The molecule has 4 nitrogen and oxygen atoms in total. The van der Waals surface area contributed by atoms with Gasteiger partial charge in [0.15, 0.2) is 0 Å². The topological polar surface area (TPSA) is 40.6 Å². The maximum atomic E-state index is 13.0. The molecule has 0 bridgehead atoms. The van der Waals surface area contributed by atoms with Crippen LogP contribution in [0.3, 0.4) is 0 Å². The van der Waals surface area contributed by atoms with E-state index in [0.29, 0.717) is 45.3 Å². The van der Waals surface area contributed by atoms with E-state index in [0.717, 1.165) is 25.8 Å². The average Bonchev–Trinajstić information content (AvgIpc) is 2.41. The van der Waals surface area contributed by atoms with Crippen LogP contribution in [0.15, 0.2) is 0 Å². The first-order valence-electron chi connectivity index (χ1n) is 7.36. The van der Waals surface area contributed by atoms with Crippen LogP contribution in [-0.2, 0) is 9.59 Å². The number of carbonyl (C=O) groups is 2. The summed E-state index contributed by atoms with van der Waals surface area (Å²) in [6.07, 6.45) is 4.11. The fourth-order valence-electron chi connectivity index (χ4n) is 2.77. The Hall–Kier alpha value is -1.13. The molecule has 2 aliphatic heterocycles. The van der Waals surface area contributed by atoms with Crippen molar-refractivity contribution in [3.63, 3.8) is 0 Å². The van der Waals surface area contributed by atoms with Crippen molar-refractivity contribution >= 4 is 11.8 Å². The van der Waals surface area contributed by atoms with Crippen molar-refractivity contribution in [2.75, 3.05) is 26.2 Å². The van der Waals surface area contributed by atoms with Gasteiger partial charge in [0.1, 0.15) is 6.17 Å². The predicted molar refractivity (Wildman–Crippen MR) is 70.4 cm³/mol. The molecule has 2 aliphatic rings. The summed E-state index contributed by atoms with van der Waals surface area (Å²) in [5.74, 6) is 0.327. The number of amides is 2. The van der Waals surface area contributed by atoms with E-state index in [2.05, 4.69) is 0 Å². The number of halogens is 1. The van der Waals surface area contributed by atoms with Gasteiger partial charge in [0.05, 0.1) is 0 Å². The summed E-state index contributed by atoms with van der Waals surface area (Å²) < 4.78 is 13.0. The van der Waals surface area contributed by atoms with Crippen LogP contribution in [0, 0.1) is 0 Å². The highest BCUT2D eigenvalue weighted by molar-refractivity contribution is 5.77. The number of piperidine rings is 2. The standard InChI is InChI=1S/C14H23FN2O2/c15-12-6-10-17(11-7-12)14(19)5-3-9-16-8-2-1-4-13(16)18/h12H,1-11H2. The van der Waals surface area contributed by atoms with Gasteiger partial charge in [-0.1, -0.05) is 0 Å². The van der Waals surface area contributed by atoms with E-state index < -0.39 is 6.17 Å². The van der Waals surface area contributed by atoms with Crippen LogP contribution in [0.4, 0.5) is 4.39 Å². The number of alkyl halides is 1. The number of likely N-dealkylation sites (tertiary alicyclic amines) is 2. The molecular weight excluding hydrogens is 247 g/mol. The molecule has 0 spiro atoms. The highest BCUT2D eigenvalue weighted by Gasteiger charge is 2.22. The zero-order valence-electron chi connectivity index (χ0n) is 11.4. The quantitative estimate of drug-likeness (QED) is 0.780. The molecule has 2 heterocycles. The summed E-state index contributed by atoms with van der Waals surface area (Å²) in [6.45, 7) is 2.61. The Morgan fingerprint density at radius 2 is 1.95 bits per heavy atom. The molecule has 0 atom stereocenters. The van der Waals surface area contributed by atoms with Gasteiger partial charge in [-0.3, -0.25) is 9.59 Å². The van der Waals surface area contributed by atoms with Crippen molar-refractivity contribution in [3.8, 4) is 0 Å². The van der Waals surface area contributed by atoms with Gasteiger partial charge in [0.25, 0.3) is 0 Å². The van der Waals surface area contributed by atoms with E-state index in [1.54, 1.807) is 4.90 Å². The first-order valence-corrected chi connectivity index (χ1v) is 7.36. The molecule has 2 rings (SSSR count). The molecule has 2 amide bonds. The zero-order valence-corrected chi connectivity index (χ0v) is 11.4. The number of hydrogen-bond donors (Lipinski definition) is 0. The molecule has 0 saturated carbocycles. The van der Waals surface area contributed by atoms with Crippen molar-refractivity contribution < 1.29 is 14.0 Å². The van der Waals surface area contributed by atoms with E-state index in [1.807, 2.05) is 4.90 Å². The number of hydrogen-bond acceptors (Lipinski definition) is 2. The second kappa shape index (κ2) is 6.87. The minimum Gasteiger partial charge on any atom is -0.343 e. The van der Waals surface area contributed by atoms with Crippen molar-refractivity contribution in [2.24, 2.45) is 0 Å². The average molecular weight is 270 g/mol. The SMILES string of the molecule is O=C1CCCCN1CCCC(=O)N1CCC(F)CC1. The first-order chi connectivity index (χ1) is 9.16. The van der Waals surface area contributed by atoms with Crippen LogP contribution in [0.25, 0.3) is 0 Å². The summed E-state index contributed by atoms with van der Waals surface area (Å²) >= 11 is 0. The predicted octanol–water partition coefficient (Wildman–Crippen LogP) is 1.74. The Morgan fingerprint density at radius 1 is 1.21 bits per heavy atom. The van der Waals surface area contributed by atoms with E-state index in [4.69, 9.17) is 0 Å². The Labute approximate surface area is 113 Å². The lowest BCUT2D eigenvalue weighted by molar-refractivity contribution is -0.135. The van der Waals surface area contributed by atoms with Crippen molar-refractivity contribution in [3.05, 3.63) is 0 Å². The summed E-state index contributed by atoms with van der Waals surface area (Å²) in [5.41, 5.74) is 0. The van der Waals surface area contributed by atoms with Crippen LogP contribution < -0.4 is 0 Å². The molecule has 2 saturated heterocycles. The lowest BCUT2D eigenvalue weighted by Crippen LogP contribution is -2.40. The number of nitrogens with zero attached hydrogens (tertiary/aromatic N) is 2. The highest BCUT2D eigenvalue weighted by atomic mass is 19.1. The first kappa shape index (κ1) is 14.3. The van der Waals surface area contributed by atoms with Crippen LogP contribution in [0.1, 0.15) is 44.9 Å². The Morgan fingerprint density at radius 3 is 2.63 bits per heavy atom. The molecule has 2 fully saturated rings. The van der Waals surface area contributed by atoms with Gasteiger partial charge >= 0.3 is 0 Å². The highest BCUT2D eigenvalue weighted by Crippen LogP contribution is 2.15. The molecule has 19 heavy (non-hydrogen) atoms. The van der Waals surface area contributed by atoms with Crippen molar-refractivity contribution in [1.82, 2.24) is 9.80 Å². The van der Waals surface area contributed by atoms with Gasteiger partial charge in [-0.05, 0) is 32.1 Å². The maximum absolute atomic E-state index is 13.0. The second-order valence-corrected chi connectivity index (χ2v) is 5.50. The number of rotatable bonds is 4. The van der Waals surface area contributed by atoms with Gasteiger partial charge in [0.2, 0.25) is 11.8 Å². The fraction of sp³-hybridized carbons (Fsp3) is 0.857. The molecule has 108 valence electrons. The van der Waals surface area contributed by atoms with E-state index >= 15 is 0 Å². The largest absolute Gasteiger partial charge is 0.343 e. The van der Waals surface area contributed by atoms with Crippen LogP contribution in [0.2, 0.25) is 0 Å². The van der Waals surface area contributed by atoms with Crippen LogP contribution in [-0.4, -0.2) is 54.0 Å². The third-order valence-electron chi connectivity index (χ3n) is 4.02. The van der Waals surface area contributed by atoms with Gasteiger partial charge in [-0.2, -0.15) is 0 Å². The van der Waals surface area contributed by atoms with Crippen molar-refractivity contribution in [1.29, 1.82) is 0 Å². The second-order valence-electron chi connectivity index (χ2n) is 5.50.